The maximum atomic E-state index is 6.10. The number of benzene rings is 2. The molecule has 4 heteroatoms. The van der Waals surface area contributed by atoms with Gasteiger partial charge in [0, 0.05) is 12.1 Å². The van der Waals surface area contributed by atoms with Crippen molar-refractivity contribution in [1.82, 2.24) is 9.55 Å². The lowest BCUT2D eigenvalue weighted by Gasteiger charge is -2.12. The van der Waals surface area contributed by atoms with Gasteiger partial charge in [0.2, 0.25) is 0 Å². The van der Waals surface area contributed by atoms with Crippen LogP contribution in [0.2, 0.25) is 0 Å². The third-order valence-corrected chi connectivity index (χ3v) is 3.69. The molecule has 2 N–H and O–H groups in total. The molecule has 0 bridgehead atoms. The molecule has 0 aliphatic carbocycles. The van der Waals surface area contributed by atoms with Crippen LogP contribution in [-0.4, -0.2) is 16.7 Å². The fourth-order valence-corrected chi connectivity index (χ4v) is 2.70. The first-order chi connectivity index (χ1) is 10.6. The number of imidazole rings is 1. The number of ether oxygens (including phenoxy) is 1. The van der Waals surface area contributed by atoms with E-state index in [1.807, 2.05) is 30.3 Å². The van der Waals surface area contributed by atoms with Gasteiger partial charge >= 0.3 is 0 Å². The molecule has 1 heterocycles. The number of nitrogens with two attached hydrogens (primary N) is 1. The van der Waals surface area contributed by atoms with Crippen molar-refractivity contribution in [2.24, 2.45) is 5.92 Å². The Morgan fingerprint density at radius 3 is 2.68 bits per heavy atom. The Morgan fingerprint density at radius 1 is 1.18 bits per heavy atom. The molecule has 4 nitrogen and oxygen atoms in total. The average molecular weight is 295 g/mol. The largest absolute Gasteiger partial charge is 0.497 e. The topological polar surface area (TPSA) is 53.1 Å². The molecule has 0 aliphatic heterocycles. The van der Waals surface area contributed by atoms with Crippen molar-refractivity contribution in [2.75, 3.05) is 12.8 Å². The Balaban J connectivity index is 2.25. The summed E-state index contributed by atoms with van der Waals surface area (Å²) in [6, 6.07) is 13.9. The highest BCUT2D eigenvalue weighted by molar-refractivity contribution is 5.90. The van der Waals surface area contributed by atoms with Crippen LogP contribution in [0.25, 0.3) is 22.4 Å². The van der Waals surface area contributed by atoms with Gasteiger partial charge in [-0.2, -0.15) is 0 Å². The van der Waals surface area contributed by atoms with Gasteiger partial charge in [0.15, 0.2) is 0 Å². The number of nitrogens with zero attached hydrogens (tertiary/aromatic N) is 2. The lowest BCUT2D eigenvalue weighted by atomic mass is 10.1. The van der Waals surface area contributed by atoms with E-state index in [-0.39, 0.29) is 0 Å². The fraction of sp³-hybridized carbons (Fsp3) is 0.278. The summed E-state index contributed by atoms with van der Waals surface area (Å²) < 4.78 is 7.57. The summed E-state index contributed by atoms with van der Waals surface area (Å²) >= 11 is 0. The van der Waals surface area contributed by atoms with Gasteiger partial charge in [-0.3, -0.25) is 0 Å². The number of methoxy groups -OCH3 is 1. The van der Waals surface area contributed by atoms with E-state index in [1.54, 1.807) is 7.11 Å². The minimum absolute atomic E-state index is 0.517. The molecule has 0 saturated heterocycles. The first kappa shape index (κ1) is 14.4. The van der Waals surface area contributed by atoms with Crippen LogP contribution in [0.5, 0.6) is 5.75 Å². The molecule has 0 amide bonds. The summed E-state index contributed by atoms with van der Waals surface area (Å²) in [5, 5.41) is 0. The molecular formula is C18H21N3O. The van der Waals surface area contributed by atoms with Crippen molar-refractivity contribution in [3.05, 3.63) is 42.5 Å². The molecule has 0 fully saturated rings. The molecular weight excluding hydrogens is 274 g/mol. The van der Waals surface area contributed by atoms with Gasteiger partial charge in [-0.1, -0.05) is 32.0 Å². The summed E-state index contributed by atoms with van der Waals surface area (Å²) in [4.78, 5) is 4.79. The van der Waals surface area contributed by atoms with E-state index < -0.39 is 0 Å². The zero-order valence-electron chi connectivity index (χ0n) is 13.2. The number of anilines is 1. The molecule has 22 heavy (non-hydrogen) atoms. The summed E-state index contributed by atoms with van der Waals surface area (Å²) in [7, 11) is 1.67. The Morgan fingerprint density at radius 2 is 1.95 bits per heavy atom. The highest BCUT2D eigenvalue weighted by Crippen LogP contribution is 2.30. The molecule has 3 rings (SSSR count). The summed E-state index contributed by atoms with van der Waals surface area (Å²) in [5.41, 5.74) is 9.79. The van der Waals surface area contributed by atoms with E-state index in [4.69, 9.17) is 15.5 Å². The Bertz CT molecular complexity index is 805. The first-order valence-corrected chi connectivity index (χ1v) is 7.49. The number of para-hydroxylation sites is 1. The normalized spacial score (nSPS) is 11.3. The van der Waals surface area contributed by atoms with Crippen molar-refractivity contribution in [1.29, 1.82) is 0 Å². The van der Waals surface area contributed by atoms with E-state index in [2.05, 4.69) is 30.5 Å². The van der Waals surface area contributed by atoms with Crippen molar-refractivity contribution in [3.63, 3.8) is 0 Å². The monoisotopic (exact) mass is 295 g/mol. The number of nitrogen functional groups attached to an aromatic ring is 1. The van der Waals surface area contributed by atoms with Gasteiger partial charge in [-0.05, 0) is 30.2 Å². The van der Waals surface area contributed by atoms with Gasteiger partial charge in [-0.15, -0.1) is 0 Å². The molecule has 2 aromatic carbocycles. The first-order valence-electron chi connectivity index (χ1n) is 7.49. The van der Waals surface area contributed by atoms with Crippen LogP contribution in [0.15, 0.2) is 42.5 Å². The predicted octanol–water partition coefficient (Wildman–Crippen LogP) is 3.95. The van der Waals surface area contributed by atoms with Crippen LogP contribution in [0.3, 0.4) is 0 Å². The van der Waals surface area contributed by atoms with Crippen molar-refractivity contribution in [2.45, 2.75) is 20.4 Å². The zero-order chi connectivity index (χ0) is 15.7. The van der Waals surface area contributed by atoms with Crippen molar-refractivity contribution in [3.8, 4) is 17.1 Å². The van der Waals surface area contributed by atoms with Gasteiger partial charge < -0.3 is 15.0 Å². The summed E-state index contributed by atoms with van der Waals surface area (Å²) in [5.74, 6) is 2.28. The number of aromatic nitrogens is 2. The maximum absolute atomic E-state index is 6.10. The fourth-order valence-electron chi connectivity index (χ4n) is 2.70. The summed E-state index contributed by atoms with van der Waals surface area (Å²) in [6.45, 7) is 5.30. The van der Waals surface area contributed by atoms with Crippen LogP contribution < -0.4 is 10.5 Å². The SMILES string of the molecule is COc1cccc(-c2nc3c(N)cccc3n2CC(C)C)c1. The smallest absolute Gasteiger partial charge is 0.141 e. The van der Waals surface area contributed by atoms with Crippen molar-refractivity contribution < 1.29 is 4.74 Å². The maximum Gasteiger partial charge on any atom is 0.141 e. The molecule has 0 radical (unpaired) electrons. The van der Waals surface area contributed by atoms with E-state index in [1.165, 1.54) is 0 Å². The standard InChI is InChI=1S/C18H21N3O/c1-12(2)11-21-16-9-5-8-15(19)17(16)20-18(21)13-6-4-7-14(10-13)22-3/h4-10,12H,11,19H2,1-3H3. The molecule has 0 unspecified atom stereocenters. The van der Waals surface area contributed by atoms with Gasteiger partial charge in [0.1, 0.15) is 17.1 Å². The van der Waals surface area contributed by atoms with Gasteiger partial charge in [0.05, 0.1) is 18.3 Å². The molecule has 0 atom stereocenters. The van der Waals surface area contributed by atoms with E-state index >= 15 is 0 Å². The third-order valence-electron chi connectivity index (χ3n) is 3.69. The van der Waals surface area contributed by atoms with Crippen LogP contribution in [0.4, 0.5) is 5.69 Å². The Kier molecular flexibility index (Phi) is 3.75. The lowest BCUT2D eigenvalue weighted by Crippen LogP contribution is -2.06. The second-order valence-corrected chi connectivity index (χ2v) is 5.89. The average Bonchev–Trinajstić information content (AvgIpc) is 2.87. The van der Waals surface area contributed by atoms with E-state index in [9.17, 15) is 0 Å². The number of fused-ring (bicyclic) bond motifs is 1. The highest BCUT2D eigenvalue weighted by Gasteiger charge is 2.15. The summed E-state index contributed by atoms with van der Waals surface area (Å²) in [6.07, 6.45) is 0. The van der Waals surface area contributed by atoms with Gasteiger partial charge in [-0.25, -0.2) is 4.98 Å². The van der Waals surface area contributed by atoms with E-state index in [0.29, 0.717) is 11.6 Å². The second-order valence-electron chi connectivity index (χ2n) is 5.89. The Labute approximate surface area is 130 Å². The van der Waals surface area contributed by atoms with Crippen LogP contribution in [-0.2, 0) is 6.54 Å². The quantitative estimate of drug-likeness (QED) is 0.741. The molecule has 3 aromatic rings. The van der Waals surface area contributed by atoms with Crippen molar-refractivity contribution >= 4 is 16.7 Å². The number of hydrogen-bond acceptors (Lipinski definition) is 3. The van der Waals surface area contributed by atoms with Crippen LogP contribution >= 0.6 is 0 Å². The number of hydrogen-bond donors (Lipinski definition) is 1. The predicted molar refractivity (Wildman–Crippen MR) is 91.0 cm³/mol. The Hall–Kier alpha value is -2.49. The molecule has 0 spiro atoms. The van der Waals surface area contributed by atoms with Gasteiger partial charge in [0.25, 0.3) is 0 Å². The van der Waals surface area contributed by atoms with E-state index in [0.717, 1.165) is 34.7 Å². The lowest BCUT2D eigenvalue weighted by molar-refractivity contribution is 0.415. The van der Waals surface area contributed by atoms with Crippen LogP contribution in [0, 0.1) is 5.92 Å². The zero-order valence-corrected chi connectivity index (χ0v) is 13.2. The molecule has 0 saturated carbocycles. The third kappa shape index (κ3) is 2.52. The van der Waals surface area contributed by atoms with Crippen LogP contribution in [0.1, 0.15) is 13.8 Å². The minimum Gasteiger partial charge on any atom is -0.497 e. The number of rotatable bonds is 4. The molecule has 114 valence electrons. The minimum atomic E-state index is 0.517. The second kappa shape index (κ2) is 5.72. The molecule has 0 aliphatic rings. The molecule has 1 aromatic heterocycles. The highest BCUT2D eigenvalue weighted by atomic mass is 16.5.